The lowest BCUT2D eigenvalue weighted by Gasteiger charge is -2.41. The van der Waals surface area contributed by atoms with Gasteiger partial charge in [-0.1, -0.05) is 132 Å². The highest BCUT2D eigenvalue weighted by Crippen LogP contribution is 2.47. The van der Waals surface area contributed by atoms with E-state index < -0.39 is 75.7 Å². The van der Waals surface area contributed by atoms with Crippen LogP contribution in [0.2, 0.25) is 0 Å². The third-order valence-corrected chi connectivity index (χ3v) is 11.3. The zero-order chi connectivity index (χ0) is 45.0. The molecule has 0 heterocycles. The number of aliphatic hydroxyl groups excluding tert-OH is 5. The number of phosphoric acid groups is 1. The highest BCUT2D eigenvalue weighted by Gasteiger charge is 2.51. The predicted molar refractivity (Wildman–Crippen MR) is 239 cm³/mol. The molecule has 8 atom stereocenters. The Bertz CT molecular complexity index is 1300. The number of hydrogen-bond acceptors (Lipinski definition) is 12. The summed E-state index contributed by atoms with van der Waals surface area (Å²) in [5.74, 6) is -1.17. The molecule has 0 radical (unpaired) electrons. The summed E-state index contributed by atoms with van der Waals surface area (Å²) in [6.45, 7) is 3.21. The van der Waals surface area contributed by atoms with Crippen molar-refractivity contribution < 1.29 is 63.1 Å². The summed E-state index contributed by atoms with van der Waals surface area (Å²) in [6.07, 6.45) is 31.3. The summed E-state index contributed by atoms with van der Waals surface area (Å²) < 4.78 is 33.5. The molecule has 1 fully saturated rings. The highest BCUT2D eigenvalue weighted by atomic mass is 31.2. The number of allylic oxidation sites excluding steroid dienone is 10. The van der Waals surface area contributed by atoms with Crippen LogP contribution < -0.4 is 0 Å². The van der Waals surface area contributed by atoms with Crippen LogP contribution in [0.1, 0.15) is 168 Å². The molecular weight excluding hydrogens is 803 g/mol. The number of hydrogen-bond donors (Lipinski definition) is 6. The Morgan fingerprint density at radius 2 is 0.885 bits per heavy atom. The molecule has 61 heavy (non-hydrogen) atoms. The summed E-state index contributed by atoms with van der Waals surface area (Å²) in [6, 6.07) is 0. The van der Waals surface area contributed by atoms with Crippen molar-refractivity contribution in [2.45, 2.75) is 211 Å². The van der Waals surface area contributed by atoms with Gasteiger partial charge in [-0.15, -0.1) is 0 Å². The van der Waals surface area contributed by atoms with Crippen molar-refractivity contribution >= 4 is 19.8 Å². The summed E-state index contributed by atoms with van der Waals surface area (Å²) >= 11 is 0. The number of unbranched alkanes of at least 4 members (excludes halogenated alkanes) is 15. The Labute approximate surface area is 366 Å². The van der Waals surface area contributed by atoms with Gasteiger partial charge in [-0.2, -0.15) is 0 Å². The Kier molecular flexibility index (Phi) is 34.3. The van der Waals surface area contributed by atoms with Crippen molar-refractivity contribution in [3.63, 3.8) is 0 Å². The minimum atomic E-state index is -5.13. The second-order valence-electron chi connectivity index (χ2n) is 15.9. The molecule has 1 aliphatic rings. The standard InChI is InChI=1S/C47H81O13P/c1-3-5-7-9-11-13-15-17-19-20-22-24-26-28-30-32-34-36-41(49)59-39(38-58-61(55,56)60-47-45(53)43(51)42(50)44(52)46(47)54)37-57-40(48)35-33-31-29-27-25-23-21-18-16-14-12-10-8-6-4-2/h11,13,17-19,21-22,24-25,27,39,42-47,50-54H,3-10,12,14-16,20,23,26,28-38H2,1-2H3,(H,55,56)/b13-11+,19-17+,21-18+,24-22+,27-25+/t39-,42?,43+,44?,45?,46?,47?/m1/s1. The normalized spacial score (nSPS) is 22.6. The number of ether oxygens (including phenoxy) is 2. The second kappa shape index (κ2) is 37.0. The Balaban J connectivity index is 2.51. The van der Waals surface area contributed by atoms with Gasteiger partial charge in [-0.3, -0.25) is 18.6 Å². The smallest absolute Gasteiger partial charge is 0.462 e. The van der Waals surface area contributed by atoms with Gasteiger partial charge in [-0.25, -0.2) is 4.57 Å². The number of esters is 2. The largest absolute Gasteiger partial charge is 0.472 e. The number of carbonyl (C=O) groups excluding carboxylic acids is 2. The molecule has 0 aliphatic heterocycles. The maximum atomic E-state index is 12.8. The minimum absolute atomic E-state index is 0.0619. The SMILES string of the molecule is CCCCC/C=C/C/C=C/C/C=C/CCCCCCC(=O)O[C@H](COC(=O)CCCC/C=C/C/C=C/CCCCCCCC)COP(=O)(O)OC1C(O)C(O)C(O)[C@H](O)C1O. The van der Waals surface area contributed by atoms with Crippen LogP contribution in [0.25, 0.3) is 0 Å². The van der Waals surface area contributed by atoms with Gasteiger partial charge in [0.25, 0.3) is 0 Å². The molecule has 6 unspecified atom stereocenters. The van der Waals surface area contributed by atoms with Crippen LogP contribution in [0.15, 0.2) is 60.8 Å². The Morgan fingerprint density at radius 1 is 0.508 bits per heavy atom. The van der Waals surface area contributed by atoms with Crippen LogP contribution in [0.3, 0.4) is 0 Å². The lowest BCUT2D eigenvalue weighted by Crippen LogP contribution is -2.64. The average molecular weight is 885 g/mol. The first-order valence-electron chi connectivity index (χ1n) is 23.1. The molecule has 0 spiro atoms. The molecule has 6 N–H and O–H groups in total. The van der Waals surface area contributed by atoms with E-state index in [9.17, 15) is 44.6 Å². The molecular formula is C47H81O13P. The van der Waals surface area contributed by atoms with E-state index in [1.165, 1.54) is 57.8 Å². The highest BCUT2D eigenvalue weighted by molar-refractivity contribution is 7.47. The van der Waals surface area contributed by atoms with Gasteiger partial charge in [0, 0.05) is 12.8 Å². The number of phosphoric ester groups is 1. The average Bonchev–Trinajstić information content (AvgIpc) is 3.24. The van der Waals surface area contributed by atoms with Gasteiger partial charge >= 0.3 is 19.8 Å². The van der Waals surface area contributed by atoms with Gasteiger partial charge in [0.2, 0.25) is 0 Å². The van der Waals surface area contributed by atoms with Crippen molar-refractivity contribution in [1.82, 2.24) is 0 Å². The zero-order valence-corrected chi connectivity index (χ0v) is 38.1. The second-order valence-corrected chi connectivity index (χ2v) is 17.3. The van der Waals surface area contributed by atoms with Crippen molar-refractivity contribution in [3.8, 4) is 0 Å². The molecule has 1 rings (SSSR count). The van der Waals surface area contributed by atoms with Crippen LogP contribution in [-0.4, -0.2) is 98.3 Å². The van der Waals surface area contributed by atoms with Gasteiger partial charge in [-0.05, 0) is 83.5 Å². The van der Waals surface area contributed by atoms with Crippen LogP contribution in [-0.2, 0) is 32.7 Å². The fraction of sp³-hybridized carbons (Fsp3) is 0.745. The molecule has 0 saturated heterocycles. The van der Waals surface area contributed by atoms with E-state index >= 15 is 0 Å². The van der Waals surface area contributed by atoms with Crippen LogP contribution in [0, 0.1) is 0 Å². The molecule has 1 saturated carbocycles. The maximum absolute atomic E-state index is 12.8. The van der Waals surface area contributed by atoms with Crippen LogP contribution >= 0.6 is 7.82 Å². The molecule has 0 bridgehead atoms. The molecule has 13 nitrogen and oxygen atoms in total. The maximum Gasteiger partial charge on any atom is 0.472 e. The fourth-order valence-electron chi connectivity index (χ4n) is 6.56. The summed E-state index contributed by atoms with van der Waals surface area (Å²) in [7, 11) is -5.13. The lowest BCUT2D eigenvalue weighted by molar-refractivity contribution is -0.220. The first-order valence-corrected chi connectivity index (χ1v) is 24.6. The van der Waals surface area contributed by atoms with Crippen molar-refractivity contribution in [2.24, 2.45) is 0 Å². The quantitative estimate of drug-likeness (QED) is 0.0149. The van der Waals surface area contributed by atoms with Gasteiger partial charge < -0.3 is 39.9 Å². The molecule has 0 amide bonds. The molecule has 0 aromatic rings. The van der Waals surface area contributed by atoms with E-state index in [1.807, 2.05) is 0 Å². The van der Waals surface area contributed by atoms with E-state index in [-0.39, 0.29) is 12.8 Å². The first kappa shape index (κ1) is 56.6. The zero-order valence-electron chi connectivity index (χ0n) is 37.2. The van der Waals surface area contributed by atoms with Gasteiger partial charge in [0.05, 0.1) is 6.61 Å². The summed E-state index contributed by atoms with van der Waals surface area (Å²) in [5.41, 5.74) is 0. The van der Waals surface area contributed by atoms with Crippen LogP contribution in [0.5, 0.6) is 0 Å². The molecule has 352 valence electrons. The van der Waals surface area contributed by atoms with Crippen molar-refractivity contribution in [2.75, 3.05) is 13.2 Å². The topological polar surface area (TPSA) is 210 Å². The Morgan fingerprint density at radius 3 is 1.41 bits per heavy atom. The third-order valence-electron chi connectivity index (χ3n) is 10.3. The molecule has 0 aromatic heterocycles. The van der Waals surface area contributed by atoms with Crippen molar-refractivity contribution in [3.05, 3.63) is 60.8 Å². The molecule has 1 aliphatic carbocycles. The predicted octanol–water partition coefficient (Wildman–Crippen LogP) is 8.94. The monoisotopic (exact) mass is 885 g/mol. The van der Waals surface area contributed by atoms with E-state index in [1.54, 1.807) is 0 Å². The minimum Gasteiger partial charge on any atom is -0.462 e. The summed E-state index contributed by atoms with van der Waals surface area (Å²) in [4.78, 5) is 35.7. The van der Waals surface area contributed by atoms with E-state index in [0.717, 1.165) is 70.6 Å². The van der Waals surface area contributed by atoms with Gasteiger partial charge in [0.1, 0.15) is 43.2 Å². The number of aliphatic hydroxyl groups is 5. The third kappa shape index (κ3) is 29.5. The summed E-state index contributed by atoms with van der Waals surface area (Å²) in [5, 5.41) is 50.1. The van der Waals surface area contributed by atoms with E-state index in [2.05, 4.69) is 74.6 Å². The number of carbonyl (C=O) groups is 2. The Hall–Kier alpha value is -2.45. The van der Waals surface area contributed by atoms with Crippen molar-refractivity contribution in [1.29, 1.82) is 0 Å². The first-order chi connectivity index (χ1) is 29.4. The van der Waals surface area contributed by atoms with E-state index in [0.29, 0.717) is 12.8 Å². The number of rotatable bonds is 37. The lowest BCUT2D eigenvalue weighted by atomic mass is 9.85. The van der Waals surface area contributed by atoms with E-state index in [4.69, 9.17) is 18.5 Å². The molecule has 14 heteroatoms. The van der Waals surface area contributed by atoms with Crippen LogP contribution in [0.4, 0.5) is 0 Å². The van der Waals surface area contributed by atoms with Gasteiger partial charge in [0.15, 0.2) is 6.10 Å². The fourth-order valence-corrected chi connectivity index (χ4v) is 7.53. The molecule has 0 aromatic carbocycles.